The summed E-state index contributed by atoms with van der Waals surface area (Å²) < 4.78 is 11.2. The Balaban J connectivity index is 3.09. The van der Waals surface area contributed by atoms with Gasteiger partial charge >= 0.3 is 12.1 Å². The molecule has 2 amide bonds. The van der Waals surface area contributed by atoms with Crippen LogP contribution in [0.15, 0.2) is 83.7 Å². The summed E-state index contributed by atoms with van der Waals surface area (Å²) in [6.45, 7) is 11.6. The summed E-state index contributed by atoms with van der Waals surface area (Å²) in [5, 5.41) is 13.0. The van der Waals surface area contributed by atoms with Crippen molar-refractivity contribution in [3.05, 3.63) is 83.7 Å². The van der Waals surface area contributed by atoms with E-state index in [0.717, 1.165) is 16.7 Å². The number of hydrogen-bond acceptors (Lipinski definition) is 6. The number of hydrogen-bond donors (Lipinski definition) is 3. The predicted molar refractivity (Wildman–Crippen MR) is 168 cm³/mol. The molecule has 0 spiro atoms. The van der Waals surface area contributed by atoms with Gasteiger partial charge in [0, 0.05) is 36.6 Å². The van der Waals surface area contributed by atoms with E-state index in [4.69, 9.17) is 15.2 Å². The molecule has 42 heavy (non-hydrogen) atoms. The van der Waals surface area contributed by atoms with E-state index in [-0.39, 0.29) is 17.7 Å². The third kappa shape index (κ3) is 17.2. The summed E-state index contributed by atoms with van der Waals surface area (Å²) in [6.07, 6.45) is 21.0. The molecule has 0 aromatic carbocycles. The Morgan fingerprint density at radius 2 is 1.90 bits per heavy atom. The first kappa shape index (κ1) is 36.4. The van der Waals surface area contributed by atoms with E-state index in [1.165, 1.54) is 12.2 Å². The van der Waals surface area contributed by atoms with Crippen LogP contribution in [-0.2, 0) is 19.1 Å². The van der Waals surface area contributed by atoms with Gasteiger partial charge in [0.1, 0.15) is 12.2 Å². The zero-order valence-electron chi connectivity index (χ0n) is 26.0. The molecule has 0 radical (unpaired) electrons. The van der Waals surface area contributed by atoms with Gasteiger partial charge in [-0.15, -0.1) is 0 Å². The van der Waals surface area contributed by atoms with E-state index in [1.807, 2.05) is 78.0 Å². The number of amides is 2. The Hall–Kier alpha value is -3.65. The summed E-state index contributed by atoms with van der Waals surface area (Å²) in [5.41, 5.74) is 8.17. The van der Waals surface area contributed by atoms with Crippen LogP contribution in [0.5, 0.6) is 0 Å². The van der Waals surface area contributed by atoms with Crippen LogP contribution in [0.25, 0.3) is 0 Å². The van der Waals surface area contributed by atoms with E-state index in [0.29, 0.717) is 38.5 Å². The van der Waals surface area contributed by atoms with Crippen LogP contribution in [0.4, 0.5) is 4.79 Å². The molecule has 0 unspecified atom stereocenters. The number of allylic oxidation sites excluding steroid dienone is 7. The van der Waals surface area contributed by atoms with Gasteiger partial charge in [-0.2, -0.15) is 0 Å². The molecule has 0 saturated carbocycles. The third-order valence-electron chi connectivity index (χ3n) is 6.64. The summed E-state index contributed by atoms with van der Waals surface area (Å²) in [6, 6.07) is 0. The Kier molecular flexibility index (Phi) is 17.6. The Labute approximate surface area is 251 Å². The second-order valence-electron chi connectivity index (χ2n) is 11.2. The Bertz CT molecular complexity index is 1090. The van der Waals surface area contributed by atoms with Gasteiger partial charge in [0.2, 0.25) is 5.91 Å². The van der Waals surface area contributed by atoms with E-state index < -0.39 is 30.4 Å². The molecular weight excluding hydrogens is 532 g/mol. The molecule has 1 aliphatic heterocycles. The number of nitrogens with one attached hydrogen (secondary N) is 1. The molecule has 0 aliphatic carbocycles. The van der Waals surface area contributed by atoms with Crippen molar-refractivity contribution in [3.8, 4) is 0 Å². The van der Waals surface area contributed by atoms with Gasteiger partial charge in [-0.25, -0.2) is 9.59 Å². The van der Waals surface area contributed by atoms with Crippen molar-refractivity contribution in [2.45, 2.75) is 98.4 Å². The number of primary amides is 1. The highest BCUT2D eigenvalue weighted by molar-refractivity contribution is 5.88. The molecule has 0 aromatic heterocycles. The summed E-state index contributed by atoms with van der Waals surface area (Å²) in [4.78, 5) is 35.9. The number of aliphatic hydroxyl groups excluding tert-OH is 1. The first-order chi connectivity index (χ1) is 19.9. The maximum Gasteiger partial charge on any atom is 0.404 e. The quantitative estimate of drug-likeness (QED) is 0.142. The minimum atomic E-state index is -0.815. The minimum Gasteiger partial charge on any atom is -0.458 e. The van der Waals surface area contributed by atoms with Gasteiger partial charge in [0.15, 0.2) is 0 Å². The molecule has 8 heteroatoms. The molecular formula is C34H50N2O6. The molecule has 0 bridgehead atoms. The van der Waals surface area contributed by atoms with Gasteiger partial charge in [-0.3, -0.25) is 4.79 Å². The molecule has 8 nitrogen and oxygen atoms in total. The van der Waals surface area contributed by atoms with E-state index in [1.54, 1.807) is 18.4 Å². The van der Waals surface area contributed by atoms with Crippen LogP contribution in [0.3, 0.4) is 0 Å². The molecule has 1 heterocycles. The maximum absolute atomic E-state index is 12.7. The fourth-order valence-electron chi connectivity index (χ4n) is 4.36. The molecule has 1 aliphatic rings. The summed E-state index contributed by atoms with van der Waals surface area (Å²) in [5.74, 6) is -0.802. The van der Waals surface area contributed by atoms with Crippen molar-refractivity contribution >= 4 is 18.0 Å². The van der Waals surface area contributed by atoms with E-state index >= 15 is 0 Å². The fraction of sp³-hybridized carbons (Fsp3) is 0.500. The predicted octanol–water partition coefficient (Wildman–Crippen LogP) is 6.51. The summed E-state index contributed by atoms with van der Waals surface area (Å²) in [7, 11) is 0. The largest absolute Gasteiger partial charge is 0.458 e. The van der Waals surface area contributed by atoms with Crippen molar-refractivity contribution in [2.75, 3.05) is 0 Å². The molecule has 5 atom stereocenters. The average Bonchev–Trinajstić information content (AvgIpc) is 2.89. The smallest absolute Gasteiger partial charge is 0.404 e. The van der Waals surface area contributed by atoms with Gasteiger partial charge in [0.25, 0.3) is 0 Å². The highest BCUT2D eigenvalue weighted by atomic mass is 16.6. The van der Waals surface area contributed by atoms with Crippen molar-refractivity contribution < 1.29 is 29.0 Å². The van der Waals surface area contributed by atoms with Gasteiger partial charge in [0.05, 0.1) is 6.10 Å². The normalized spacial score (nSPS) is 27.8. The van der Waals surface area contributed by atoms with Crippen LogP contribution in [0.1, 0.15) is 80.1 Å². The lowest BCUT2D eigenvalue weighted by molar-refractivity contribution is -0.144. The van der Waals surface area contributed by atoms with Crippen molar-refractivity contribution in [2.24, 2.45) is 17.6 Å². The SMILES string of the molecule is CC(C)=CC(=O)N/C=C/C(C)=C/[C@H](C)[C@@H]1C/C(C)=C/C=C/CC[C@@H](OC(N)=O)[C@H](C)/C=C/[C@H](O)CCC/C=C/C(=O)O1. The van der Waals surface area contributed by atoms with E-state index in [2.05, 4.69) is 5.32 Å². The Morgan fingerprint density at radius 1 is 1.17 bits per heavy atom. The van der Waals surface area contributed by atoms with Crippen molar-refractivity contribution in [3.63, 3.8) is 0 Å². The van der Waals surface area contributed by atoms with Crippen LogP contribution in [0.2, 0.25) is 0 Å². The number of cyclic esters (lactones) is 1. The number of ether oxygens (including phenoxy) is 2. The molecule has 0 aromatic rings. The van der Waals surface area contributed by atoms with Crippen LogP contribution < -0.4 is 11.1 Å². The zero-order valence-corrected chi connectivity index (χ0v) is 26.0. The number of esters is 1. The Morgan fingerprint density at radius 3 is 2.60 bits per heavy atom. The molecule has 232 valence electrons. The van der Waals surface area contributed by atoms with Crippen LogP contribution in [-0.4, -0.2) is 41.4 Å². The number of carbonyl (C=O) groups is 3. The van der Waals surface area contributed by atoms with E-state index in [9.17, 15) is 19.5 Å². The lowest BCUT2D eigenvalue weighted by Gasteiger charge is -2.22. The van der Waals surface area contributed by atoms with Crippen LogP contribution >= 0.6 is 0 Å². The molecule has 1 rings (SSSR count). The zero-order chi connectivity index (χ0) is 31.5. The number of rotatable bonds is 6. The number of nitrogens with two attached hydrogens (primary N) is 1. The highest BCUT2D eigenvalue weighted by Gasteiger charge is 2.20. The highest BCUT2D eigenvalue weighted by Crippen LogP contribution is 2.21. The van der Waals surface area contributed by atoms with Crippen molar-refractivity contribution in [1.29, 1.82) is 0 Å². The maximum atomic E-state index is 12.7. The second-order valence-corrected chi connectivity index (χ2v) is 11.2. The standard InChI is InChI=1S/C34H50N2O6/c1-24(2)21-32(38)36-20-19-26(4)22-28(6)31-23-25(3)13-9-7-11-15-30(42-34(35)40)27(5)17-18-29(37)14-10-8-12-16-33(39)41-31/h7,9,12-13,16-22,27-31,37H,8,10-11,14-15,23H2,1-6H3,(H2,35,40)(H,36,38)/b9-7+,16-12+,18-17+,20-19+,25-13+,26-22+/t27-,28+,29-,30-,31+/m1/s1. The minimum absolute atomic E-state index is 0.0965. The van der Waals surface area contributed by atoms with Gasteiger partial charge in [-0.05, 0) is 65.9 Å². The monoisotopic (exact) mass is 582 g/mol. The molecule has 0 fully saturated rings. The van der Waals surface area contributed by atoms with Crippen molar-refractivity contribution in [1.82, 2.24) is 5.32 Å². The lowest BCUT2D eigenvalue weighted by Crippen LogP contribution is -2.27. The summed E-state index contributed by atoms with van der Waals surface area (Å²) >= 11 is 0. The second kappa shape index (κ2) is 20.3. The van der Waals surface area contributed by atoms with Gasteiger partial charge in [-0.1, -0.05) is 73.1 Å². The van der Waals surface area contributed by atoms with Crippen LogP contribution in [0, 0.1) is 11.8 Å². The topological polar surface area (TPSA) is 128 Å². The number of carbonyl (C=O) groups excluding carboxylic acids is 3. The fourth-order valence-corrected chi connectivity index (χ4v) is 4.36. The van der Waals surface area contributed by atoms with Gasteiger partial charge < -0.3 is 25.6 Å². The first-order valence-corrected chi connectivity index (χ1v) is 14.7. The average molecular weight is 583 g/mol. The molecule has 0 saturated heterocycles. The molecule has 4 N–H and O–H groups in total. The first-order valence-electron chi connectivity index (χ1n) is 14.7. The number of aliphatic hydroxyl groups is 1. The lowest BCUT2D eigenvalue weighted by atomic mass is 9.95. The third-order valence-corrected chi connectivity index (χ3v) is 6.64.